The Hall–Kier alpha value is -1.88. The van der Waals surface area contributed by atoms with Gasteiger partial charge in [0.25, 0.3) is 0 Å². The van der Waals surface area contributed by atoms with Crippen molar-refractivity contribution in [2.45, 2.75) is 32.7 Å². The number of carbonyl (C=O) groups excluding carboxylic acids is 2. The second kappa shape index (κ2) is 7.94. The van der Waals surface area contributed by atoms with Crippen LogP contribution in [0.4, 0.5) is 4.79 Å². The molecule has 1 saturated heterocycles. The first-order chi connectivity index (χ1) is 10.6. The average Bonchev–Trinajstić information content (AvgIpc) is 2.51. The van der Waals surface area contributed by atoms with Crippen LogP contribution in [0.3, 0.4) is 0 Å². The third-order valence-electron chi connectivity index (χ3n) is 4.12. The number of carbonyl (C=O) groups is 2. The van der Waals surface area contributed by atoms with Crippen LogP contribution < -0.4 is 10.6 Å². The van der Waals surface area contributed by atoms with Crippen molar-refractivity contribution in [2.24, 2.45) is 5.92 Å². The Labute approximate surface area is 132 Å². The van der Waals surface area contributed by atoms with Gasteiger partial charge in [0.1, 0.15) is 6.04 Å². The molecule has 2 N–H and O–H groups in total. The molecule has 2 rings (SSSR count). The van der Waals surface area contributed by atoms with Crippen molar-refractivity contribution in [1.82, 2.24) is 15.5 Å². The maximum atomic E-state index is 12.6. The summed E-state index contributed by atoms with van der Waals surface area (Å²) in [4.78, 5) is 26.4. The molecule has 5 nitrogen and oxygen atoms in total. The largest absolute Gasteiger partial charge is 0.338 e. The van der Waals surface area contributed by atoms with Gasteiger partial charge in [0, 0.05) is 6.54 Å². The van der Waals surface area contributed by atoms with Crippen LogP contribution in [0.25, 0.3) is 0 Å². The van der Waals surface area contributed by atoms with Crippen LogP contribution in [0.1, 0.15) is 38.3 Å². The molecular weight excluding hydrogens is 278 g/mol. The maximum Gasteiger partial charge on any atom is 0.321 e. The van der Waals surface area contributed by atoms with Crippen LogP contribution in [0, 0.1) is 5.92 Å². The van der Waals surface area contributed by atoms with Crippen LogP contribution >= 0.6 is 0 Å². The van der Waals surface area contributed by atoms with E-state index in [2.05, 4.69) is 22.5 Å². The summed E-state index contributed by atoms with van der Waals surface area (Å²) in [6.45, 7) is 6.32. The molecule has 1 atom stereocenters. The van der Waals surface area contributed by atoms with E-state index in [1.165, 1.54) is 0 Å². The zero-order chi connectivity index (χ0) is 15.9. The lowest BCUT2D eigenvalue weighted by Crippen LogP contribution is -2.48. The summed E-state index contributed by atoms with van der Waals surface area (Å²) < 4.78 is 0. The monoisotopic (exact) mass is 303 g/mol. The van der Waals surface area contributed by atoms with Gasteiger partial charge in [0.15, 0.2) is 0 Å². The van der Waals surface area contributed by atoms with Crippen LogP contribution in [0.5, 0.6) is 0 Å². The molecule has 1 heterocycles. The summed E-state index contributed by atoms with van der Waals surface area (Å²) in [6, 6.07) is 8.83. The second-order valence-corrected chi connectivity index (χ2v) is 5.88. The highest BCUT2D eigenvalue weighted by atomic mass is 16.2. The maximum absolute atomic E-state index is 12.6. The average molecular weight is 303 g/mol. The first kappa shape index (κ1) is 16.5. The normalized spacial score (nSPS) is 17.7. The Bertz CT molecular complexity index is 496. The molecule has 1 aromatic rings. The van der Waals surface area contributed by atoms with Crippen molar-refractivity contribution in [1.29, 1.82) is 0 Å². The second-order valence-electron chi connectivity index (χ2n) is 5.88. The zero-order valence-corrected chi connectivity index (χ0v) is 13.3. The number of benzene rings is 1. The van der Waals surface area contributed by atoms with Crippen molar-refractivity contribution in [3.63, 3.8) is 0 Å². The van der Waals surface area contributed by atoms with E-state index < -0.39 is 12.1 Å². The predicted octanol–water partition coefficient (Wildman–Crippen LogP) is 2.31. The summed E-state index contributed by atoms with van der Waals surface area (Å²) in [5.41, 5.74) is 0.929. The van der Waals surface area contributed by atoms with E-state index in [-0.39, 0.29) is 5.91 Å². The minimum Gasteiger partial charge on any atom is -0.338 e. The number of rotatable bonds is 4. The highest BCUT2D eigenvalue weighted by Gasteiger charge is 2.30. The number of nitrogens with zero attached hydrogens (tertiary/aromatic N) is 1. The SMILES string of the molecule is CCNC(=O)NC(=O)[C@@H](c1ccccc1)N1CCC(C)CC1. The number of amides is 3. The fourth-order valence-corrected chi connectivity index (χ4v) is 2.84. The molecule has 120 valence electrons. The first-order valence-corrected chi connectivity index (χ1v) is 7.99. The zero-order valence-electron chi connectivity index (χ0n) is 13.3. The van der Waals surface area contributed by atoms with Gasteiger partial charge in [0.2, 0.25) is 5.91 Å². The number of likely N-dealkylation sites (tertiary alicyclic amines) is 1. The Balaban J connectivity index is 2.15. The summed E-state index contributed by atoms with van der Waals surface area (Å²) in [5.74, 6) is 0.436. The Morgan fingerprint density at radius 1 is 1.23 bits per heavy atom. The first-order valence-electron chi connectivity index (χ1n) is 7.99. The quantitative estimate of drug-likeness (QED) is 0.897. The molecule has 22 heavy (non-hydrogen) atoms. The van der Waals surface area contributed by atoms with E-state index >= 15 is 0 Å². The van der Waals surface area contributed by atoms with E-state index in [1.807, 2.05) is 37.3 Å². The number of hydrogen-bond acceptors (Lipinski definition) is 3. The highest BCUT2D eigenvalue weighted by molar-refractivity contribution is 5.97. The summed E-state index contributed by atoms with van der Waals surface area (Å²) >= 11 is 0. The number of nitrogens with one attached hydrogen (secondary N) is 2. The predicted molar refractivity (Wildman–Crippen MR) is 86.4 cm³/mol. The van der Waals surface area contributed by atoms with Gasteiger partial charge in [0.05, 0.1) is 0 Å². The van der Waals surface area contributed by atoms with Crippen molar-refractivity contribution in [3.05, 3.63) is 35.9 Å². The Kier molecular flexibility index (Phi) is 5.95. The molecule has 1 aliphatic rings. The van der Waals surface area contributed by atoms with E-state index in [1.54, 1.807) is 0 Å². The van der Waals surface area contributed by atoms with E-state index in [9.17, 15) is 9.59 Å². The molecular formula is C17H25N3O2. The summed E-state index contributed by atoms with van der Waals surface area (Å²) in [6.07, 6.45) is 2.16. The van der Waals surface area contributed by atoms with Gasteiger partial charge in [-0.1, -0.05) is 37.3 Å². The molecule has 0 aliphatic carbocycles. The fourth-order valence-electron chi connectivity index (χ4n) is 2.84. The molecule has 1 fully saturated rings. The molecule has 1 aliphatic heterocycles. The molecule has 1 aromatic carbocycles. The Morgan fingerprint density at radius 2 is 1.86 bits per heavy atom. The van der Waals surface area contributed by atoms with Crippen molar-refractivity contribution in [3.8, 4) is 0 Å². The standard InChI is InChI=1S/C17H25N3O2/c1-3-18-17(22)19-16(21)15(14-7-5-4-6-8-14)20-11-9-13(2)10-12-20/h4-8,13,15H,3,9-12H2,1-2H3,(H2,18,19,21,22)/t15-/m1/s1. The number of hydrogen-bond donors (Lipinski definition) is 2. The van der Waals surface area contributed by atoms with Crippen molar-refractivity contribution >= 4 is 11.9 Å². The summed E-state index contributed by atoms with van der Waals surface area (Å²) in [5, 5.41) is 5.06. The van der Waals surface area contributed by atoms with Gasteiger partial charge in [-0.15, -0.1) is 0 Å². The van der Waals surface area contributed by atoms with Crippen LogP contribution in [-0.2, 0) is 4.79 Å². The van der Waals surface area contributed by atoms with Gasteiger partial charge in [-0.3, -0.25) is 15.0 Å². The van der Waals surface area contributed by atoms with Gasteiger partial charge in [-0.05, 0) is 44.3 Å². The van der Waals surface area contributed by atoms with Gasteiger partial charge in [-0.25, -0.2) is 4.79 Å². The lowest BCUT2D eigenvalue weighted by molar-refractivity contribution is -0.126. The third-order valence-corrected chi connectivity index (χ3v) is 4.12. The van der Waals surface area contributed by atoms with Gasteiger partial charge >= 0.3 is 6.03 Å². The molecule has 5 heteroatoms. The minimum absolute atomic E-state index is 0.258. The molecule has 0 radical (unpaired) electrons. The molecule has 3 amide bonds. The lowest BCUT2D eigenvalue weighted by Gasteiger charge is -2.35. The van der Waals surface area contributed by atoms with Crippen LogP contribution in [0.15, 0.2) is 30.3 Å². The van der Waals surface area contributed by atoms with Gasteiger partial charge in [-0.2, -0.15) is 0 Å². The fraction of sp³-hybridized carbons (Fsp3) is 0.529. The van der Waals surface area contributed by atoms with Crippen molar-refractivity contribution < 1.29 is 9.59 Å². The van der Waals surface area contributed by atoms with E-state index in [0.29, 0.717) is 12.5 Å². The Morgan fingerprint density at radius 3 is 2.45 bits per heavy atom. The molecule has 0 aromatic heterocycles. The van der Waals surface area contributed by atoms with Crippen LogP contribution in [-0.4, -0.2) is 36.5 Å². The molecule has 0 unspecified atom stereocenters. The minimum atomic E-state index is -0.432. The van der Waals surface area contributed by atoms with E-state index in [0.717, 1.165) is 31.5 Å². The summed E-state index contributed by atoms with van der Waals surface area (Å²) in [7, 11) is 0. The highest BCUT2D eigenvalue weighted by Crippen LogP contribution is 2.26. The molecule has 0 saturated carbocycles. The molecule has 0 bridgehead atoms. The lowest BCUT2D eigenvalue weighted by atomic mass is 9.95. The van der Waals surface area contributed by atoms with Crippen LogP contribution in [0.2, 0.25) is 0 Å². The smallest absolute Gasteiger partial charge is 0.321 e. The third kappa shape index (κ3) is 4.31. The van der Waals surface area contributed by atoms with E-state index in [4.69, 9.17) is 0 Å². The number of imide groups is 1. The number of piperidine rings is 1. The topological polar surface area (TPSA) is 61.4 Å². The molecule has 0 spiro atoms. The van der Waals surface area contributed by atoms with Crippen molar-refractivity contribution in [2.75, 3.05) is 19.6 Å². The van der Waals surface area contributed by atoms with Gasteiger partial charge < -0.3 is 5.32 Å². The number of urea groups is 1.